The van der Waals surface area contributed by atoms with Crippen molar-refractivity contribution >= 4 is 93.1 Å². The SMILES string of the molecule is C=CCn1c(CSCc2ccc(Cl)cc2Cl)nnc1SCC(=O)Nc1cc(Cl)c(Cl)cc1Cl. The van der Waals surface area contributed by atoms with Crippen molar-refractivity contribution in [2.45, 2.75) is 23.2 Å². The number of nitrogens with one attached hydrogen (secondary N) is 1. The summed E-state index contributed by atoms with van der Waals surface area (Å²) in [5, 5.41) is 14.0. The number of benzene rings is 2. The Hall–Kier alpha value is -1.06. The quantitative estimate of drug-likeness (QED) is 0.150. The minimum Gasteiger partial charge on any atom is -0.324 e. The third kappa shape index (κ3) is 7.46. The van der Waals surface area contributed by atoms with E-state index in [-0.39, 0.29) is 11.7 Å². The monoisotopic (exact) mass is 580 g/mol. The van der Waals surface area contributed by atoms with Gasteiger partial charge in [0.1, 0.15) is 5.82 Å². The van der Waals surface area contributed by atoms with E-state index in [0.29, 0.717) is 54.0 Å². The molecule has 0 saturated heterocycles. The molecule has 3 rings (SSSR count). The van der Waals surface area contributed by atoms with Crippen molar-refractivity contribution < 1.29 is 4.79 Å². The van der Waals surface area contributed by atoms with E-state index >= 15 is 0 Å². The highest BCUT2D eigenvalue weighted by molar-refractivity contribution is 7.99. The Labute approximate surface area is 225 Å². The molecule has 0 aliphatic carbocycles. The molecule has 5 nitrogen and oxygen atoms in total. The summed E-state index contributed by atoms with van der Waals surface area (Å²) in [6.45, 7) is 4.32. The van der Waals surface area contributed by atoms with Crippen LogP contribution in [0.5, 0.6) is 0 Å². The van der Waals surface area contributed by atoms with Gasteiger partial charge in [-0.1, -0.05) is 81.9 Å². The average molecular weight is 583 g/mol. The first-order chi connectivity index (χ1) is 15.8. The molecule has 0 radical (unpaired) electrons. The van der Waals surface area contributed by atoms with Crippen molar-refractivity contribution in [1.29, 1.82) is 0 Å². The molecule has 0 bridgehead atoms. The van der Waals surface area contributed by atoms with Crippen molar-refractivity contribution in [1.82, 2.24) is 14.8 Å². The Morgan fingerprint density at radius 1 is 1.00 bits per heavy atom. The molecule has 1 N–H and O–H groups in total. The number of amides is 1. The number of aromatic nitrogens is 3. The third-order valence-corrected chi connectivity index (χ3v) is 7.79. The molecule has 12 heteroatoms. The number of thioether (sulfide) groups is 2. The van der Waals surface area contributed by atoms with Crippen molar-refractivity contribution in [2.75, 3.05) is 11.1 Å². The second-order valence-corrected chi connectivity index (χ2v) is 10.6. The van der Waals surface area contributed by atoms with E-state index in [0.717, 1.165) is 11.4 Å². The summed E-state index contributed by atoms with van der Waals surface area (Å²) in [6.07, 6.45) is 1.76. The summed E-state index contributed by atoms with van der Waals surface area (Å²) in [6, 6.07) is 8.44. The Morgan fingerprint density at radius 2 is 1.76 bits per heavy atom. The summed E-state index contributed by atoms with van der Waals surface area (Å²) in [4.78, 5) is 12.4. The van der Waals surface area contributed by atoms with Gasteiger partial charge in [0.2, 0.25) is 5.91 Å². The van der Waals surface area contributed by atoms with E-state index in [2.05, 4.69) is 22.1 Å². The topological polar surface area (TPSA) is 59.8 Å². The second kappa shape index (κ2) is 12.6. The minimum atomic E-state index is -0.262. The van der Waals surface area contributed by atoms with Crippen LogP contribution in [0, 0.1) is 0 Å². The normalized spacial score (nSPS) is 10.9. The lowest BCUT2D eigenvalue weighted by atomic mass is 10.2. The predicted molar refractivity (Wildman–Crippen MR) is 143 cm³/mol. The van der Waals surface area contributed by atoms with Crippen LogP contribution in [0.15, 0.2) is 48.1 Å². The number of carbonyl (C=O) groups excluding carboxylic acids is 1. The molecule has 0 aliphatic heterocycles. The van der Waals surface area contributed by atoms with Crippen LogP contribution >= 0.6 is 81.5 Å². The summed E-state index contributed by atoms with van der Waals surface area (Å²) in [5.41, 5.74) is 1.38. The largest absolute Gasteiger partial charge is 0.324 e. The molecule has 0 spiro atoms. The molecule has 1 heterocycles. The van der Waals surface area contributed by atoms with Gasteiger partial charge in [-0.05, 0) is 29.8 Å². The van der Waals surface area contributed by atoms with Gasteiger partial charge in [-0.3, -0.25) is 4.79 Å². The molecule has 0 aliphatic rings. The first-order valence-electron chi connectivity index (χ1n) is 9.40. The number of halogens is 5. The van der Waals surface area contributed by atoms with Crippen LogP contribution in [0.3, 0.4) is 0 Å². The molecule has 174 valence electrons. The molecule has 0 unspecified atom stereocenters. The van der Waals surface area contributed by atoms with Gasteiger partial charge < -0.3 is 9.88 Å². The lowest BCUT2D eigenvalue weighted by Crippen LogP contribution is -2.15. The number of hydrogen-bond acceptors (Lipinski definition) is 5. The molecule has 1 amide bonds. The van der Waals surface area contributed by atoms with Gasteiger partial charge in [-0.2, -0.15) is 0 Å². The first-order valence-corrected chi connectivity index (χ1v) is 13.4. The molecule has 0 atom stereocenters. The summed E-state index contributed by atoms with van der Waals surface area (Å²) in [7, 11) is 0. The van der Waals surface area contributed by atoms with E-state index in [9.17, 15) is 4.79 Å². The molecular formula is C21H17Cl5N4OS2. The van der Waals surface area contributed by atoms with Gasteiger partial charge in [0.05, 0.1) is 32.3 Å². The van der Waals surface area contributed by atoms with Gasteiger partial charge in [-0.25, -0.2) is 0 Å². The fourth-order valence-electron chi connectivity index (χ4n) is 2.67. The summed E-state index contributed by atoms with van der Waals surface area (Å²) in [5.74, 6) is 1.94. The predicted octanol–water partition coefficient (Wildman–Crippen LogP) is 7.90. The van der Waals surface area contributed by atoms with Crippen LogP contribution in [0.2, 0.25) is 25.1 Å². The van der Waals surface area contributed by atoms with Crippen molar-refractivity contribution in [3.63, 3.8) is 0 Å². The second-order valence-electron chi connectivity index (χ2n) is 6.61. The lowest BCUT2D eigenvalue weighted by Gasteiger charge is -2.10. The van der Waals surface area contributed by atoms with Gasteiger partial charge >= 0.3 is 0 Å². The van der Waals surface area contributed by atoms with Gasteiger partial charge in [-0.15, -0.1) is 28.5 Å². The molecule has 0 fully saturated rings. The van der Waals surface area contributed by atoms with Crippen LogP contribution < -0.4 is 5.32 Å². The maximum Gasteiger partial charge on any atom is 0.234 e. The summed E-state index contributed by atoms with van der Waals surface area (Å²) < 4.78 is 1.92. The van der Waals surface area contributed by atoms with Gasteiger partial charge in [0, 0.05) is 22.3 Å². The fourth-order valence-corrected chi connectivity index (χ4v) is 5.56. The van der Waals surface area contributed by atoms with Crippen molar-refractivity contribution in [2.24, 2.45) is 0 Å². The Kier molecular flexibility index (Phi) is 10.1. The van der Waals surface area contributed by atoms with Crippen molar-refractivity contribution in [3.8, 4) is 0 Å². The number of anilines is 1. The molecule has 0 saturated carbocycles. The van der Waals surface area contributed by atoms with E-state index in [4.69, 9.17) is 58.0 Å². The Balaban J connectivity index is 1.60. The number of nitrogens with zero attached hydrogens (tertiary/aromatic N) is 3. The van der Waals surface area contributed by atoms with E-state index in [1.165, 1.54) is 23.9 Å². The van der Waals surface area contributed by atoms with Crippen LogP contribution in [-0.4, -0.2) is 26.4 Å². The van der Waals surface area contributed by atoms with Crippen molar-refractivity contribution in [3.05, 3.63) is 79.5 Å². The van der Waals surface area contributed by atoms with Crippen LogP contribution in [0.25, 0.3) is 0 Å². The van der Waals surface area contributed by atoms with E-state index < -0.39 is 0 Å². The highest BCUT2D eigenvalue weighted by Crippen LogP contribution is 2.32. The zero-order valence-corrected chi connectivity index (χ0v) is 22.4. The van der Waals surface area contributed by atoms with E-state index in [1.54, 1.807) is 23.9 Å². The van der Waals surface area contributed by atoms with Crippen LogP contribution in [0.4, 0.5) is 5.69 Å². The zero-order valence-electron chi connectivity index (χ0n) is 17.0. The highest BCUT2D eigenvalue weighted by atomic mass is 35.5. The molecule has 2 aromatic carbocycles. The zero-order chi connectivity index (χ0) is 24.0. The van der Waals surface area contributed by atoms with Crippen LogP contribution in [-0.2, 0) is 22.8 Å². The maximum atomic E-state index is 12.4. The Morgan fingerprint density at radius 3 is 2.48 bits per heavy atom. The maximum absolute atomic E-state index is 12.4. The Bertz CT molecular complexity index is 1170. The smallest absolute Gasteiger partial charge is 0.234 e. The lowest BCUT2D eigenvalue weighted by molar-refractivity contribution is -0.113. The summed E-state index contributed by atoms with van der Waals surface area (Å²) >= 11 is 33.2. The number of hydrogen-bond donors (Lipinski definition) is 1. The molecule has 3 aromatic rings. The third-order valence-electron chi connectivity index (χ3n) is 4.23. The number of carbonyl (C=O) groups is 1. The van der Waals surface area contributed by atoms with E-state index in [1.807, 2.05) is 16.7 Å². The number of rotatable bonds is 10. The number of allylic oxidation sites excluding steroid dienone is 1. The molecular weight excluding hydrogens is 566 g/mol. The fraction of sp³-hybridized carbons (Fsp3) is 0.190. The highest BCUT2D eigenvalue weighted by Gasteiger charge is 2.15. The first kappa shape index (κ1) is 26.5. The molecule has 1 aromatic heterocycles. The molecule has 33 heavy (non-hydrogen) atoms. The van der Waals surface area contributed by atoms with Gasteiger partial charge in [0.25, 0.3) is 0 Å². The minimum absolute atomic E-state index is 0.110. The van der Waals surface area contributed by atoms with Gasteiger partial charge in [0.15, 0.2) is 5.16 Å². The van der Waals surface area contributed by atoms with Crippen LogP contribution in [0.1, 0.15) is 11.4 Å². The standard InChI is InChI=1S/C21H17Cl5N4OS2/c1-2-5-30-19(10-32-9-12-3-4-13(22)6-14(12)23)28-29-21(30)33-11-20(31)27-18-8-16(25)15(24)7-17(18)26/h2-4,6-8H,1,5,9-11H2,(H,27,31). The average Bonchev–Trinajstić information content (AvgIpc) is 3.14.